The second kappa shape index (κ2) is 7.12. The number of carbonyl (C=O) groups excluding carboxylic acids is 1. The molecule has 0 aromatic carbocycles. The number of nitrogens with zero attached hydrogens (tertiary/aromatic N) is 5. The Morgan fingerprint density at radius 2 is 2.12 bits per heavy atom. The number of hydrogen-bond donors (Lipinski definition) is 0. The summed E-state index contributed by atoms with van der Waals surface area (Å²) < 4.78 is 11.2. The molecule has 26 heavy (non-hydrogen) atoms. The lowest BCUT2D eigenvalue weighted by molar-refractivity contribution is 0.0516. The van der Waals surface area contributed by atoms with Gasteiger partial charge in [-0.2, -0.15) is 5.26 Å². The van der Waals surface area contributed by atoms with Crippen LogP contribution in [0.4, 0.5) is 0 Å². The molecular weight excluding hydrogens is 334 g/mol. The second-order valence-corrected chi connectivity index (χ2v) is 6.60. The van der Waals surface area contributed by atoms with Gasteiger partial charge in [-0.15, -0.1) is 0 Å². The zero-order valence-electron chi connectivity index (χ0n) is 14.3. The number of aromatic nitrogens is 3. The van der Waals surface area contributed by atoms with Gasteiger partial charge in [0.05, 0.1) is 6.54 Å². The summed E-state index contributed by atoms with van der Waals surface area (Å²) in [5.41, 5.74) is 1.56. The minimum absolute atomic E-state index is 0.107. The van der Waals surface area contributed by atoms with Gasteiger partial charge in [-0.3, -0.25) is 4.79 Å². The van der Waals surface area contributed by atoms with Crippen LogP contribution < -0.4 is 4.74 Å². The van der Waals surface area contributed by atoms with Gasteiger partial charge in [0.15, 0.2) is 5.69 Å². The molecule has 1 aliphatic carbocycles. The molecular formula is C18H19N5O3. The van der Waals surface area contributed by atoms with Crippen molar-refractivity contribution in [2.75, 3.05) is 13.1 Å². The van der Waals surface area contributed by atoms with E-state index in [0.717, 1.165) is 49.8 Å². The first-order chi connectivity index (χ1) is 12.8. The average Bonchev–Trinajstić information content (AvgIpc) is 3.12. The molecule has 4 rings (SSSR count). The Hall–Kier alpha value is -2.95. The SMILES string of the molecule is N#Cc1nccnc1O[C@H]1CCCN(C(=O)c2noc3c2CCCC3)C1. The van der Waals surface area contributed by atoms with Gasteiger partial charge in [0.25, 0.3) is 11.8 Å². The summed E-state index contributed by atoms with van der Waals surface area (Å²) in [7, 11) is 0. The van der Waals surface area contributed by atoms with E-state index in [1.807, 2.05) is 6.07 Å². The highest BCUT2D eigenvalue weighted by molar-refractivity contribution is 5.94. The predicted molar refractivity (Wildman–Crippen MR) is 89.4 cm³/mol. The van der Waals surface area contributed by atoms with Crippen LogP contribution in [0, 0.1) is 11.3 Å². The summed E-state index contributed by atoms with van der Waals surface area (Å²) >= 11 is 0. The average molecular weight is 353 g/mol. The first-order valence-corrected chi connectivity index (χ1v) is 8.90. The number of aryl methyl sites for hydroxylation is 1. The lowest BCUT2D eigenvalue weighted by Gasteiger charge is -2.32. The zero-order valence-corrected chi connectivity index (χ0v) is 14.3. The Morgan fingerprint density at radius 1 is 1.27 bits per heavy atom. The lowest BCUT2D eigenvalue weighted by atomic mass is 9.96. The van der Waals surface area contributed by atoms with Gasteiger partial charge < -0.3 is 14.2 Å². The maximum atomic E-state index is 12.9. The van der Waals surface area contributed by atoms with Gasteiger partial charge >= 0.3 is 0 Å². The highest BCUT2D eigenvalue weighted by atomic mass is 16.5. The van der Waals surface area contributed by atoms with E-state index in [1.165, 1.54) is 12.4 Å². The Morgan fingerprint density at radius 3 is 3.00 bits per heavy atom. The molecule has 2 aromatic rings. The number of ether oxygens (including phenoxy) is 1. The lowest BCUT2D eigenvalue weighted by Crippen LogP contribution is -2.45. The Bertz CT molecular complexity index is 857. The van der Waals surface area contributed by atoms with Crippen molar-refractivity contribution in [3.63, 3.8) is 0 Å². The van der Waals surface area contributed by atoms with Gasteiger partial charge in [0, 0.05) is 30.9 Å². The summed E-state index contributed by atoms with van der Waals surface area (Å²) in [5.74, 6) is 0.959. The number of nitriles is 1. The number of carbonyl (C=O) groups is 1. The highest BCUT2D eigenvalue weighted by Crippen LogP contribution is 2.26. The van der Waals surface area contributed by atoms with Crippen molar-refractivity contribution < 1.29 is 14.1 Å². The van der Waals surface area contributed by atoms with Crippen molar-refractivity contribution in [2.45, 2.75) is 44.6 Å². The number of fused-ring (bicyclic) bond motifs is 1. The molecule has 0 N–H and O–H groups in total. The monoisotopic (exact) mass is 353 g/mol. The molecule has 1 atom stereocenters. The van der Waals surface area contributed by atoms with Crippen LogP contribution in [0.3, 0.4) is 0 Å². The molecule has 1 amide bonds. The fraction of sp³-hybridized carbons (Fsp3) is 0.500. The largest absolute Gasteiger partial charge is 0.470 e. The summed E-state index contributed by atoms with van der Waals surface area (Å²) in [6, 6.07) is 1.97. The molecule has 8 nitrogen and oxygen atoms in total. The van der Waals surface area contributed by atoms with Crippen molar-refractivity contribution in [1.82, 2.24) is 20.0 Å². The minimum Gasteiger partial charge on any atom is -0.470 e. The molecule has 0 saturated carbocycles. The molecule has 0 unspecified atom stereocenters. The van der Waals surface area contributed by atoms with Gasteiger partial charge in [0.1, 0.15) is 17.9 Å². The van der Waals surface area contributed by atoms with Gasteiger partial charge in [-0.05, 0) is 32.1 Å². The molecule has 3 heterocycles. The van der Waals surface area contributed by atoms with Gasteiger partial charge in [-0.1, -0.05) is 5.16 Å². The van der Waals surface area contributed by atoms with Gasteiger partial charge in [-0.25, -0.2) is 9.97 Å². The van der Waals surface area contributed by atoms with E-state index >= 15 is 0 Å². The molecule has 1 aliphatic heterocycles. The predicted octanol–water partition coefficient (Wildman–Crippen LogP) is 1.90. The fourth-order valence-electron chi connectivity index (χ4n) is 3.57. The first-order valence-electron chi connectivity index (χ1n) is 8.90. The van der Waals surface area contributed by atoms with E-state index in [-0.39, 0.29) is 23.6 Å². The summed E-state index contributed by atoms with van der Waals surface area (Å²) in [4.78, 5) is 22.7. The maximum Gasteiger partial charge on any atom is 0.276 e. The van der Waals surface area contributed by atoms with E-state index < -0.39 is 0 Å². The second-order valence-electron chi connectivity index (χ2n) is 6.60. The third kappa shape index (κ3) is 3.12. The van der Waals surface area contributed by atoms with Crippen LogP contribution in [0.25, 0.3) is 0 Å². The summed E-state index contributed by atoms with van der Waals surface area (Å²) in [6.45, 7) is 1.09. The molecule has 0 spiro atoms. The van der Waals surface area contributed by atoms with Crippen molar-refractivity contribution in [3.05, 3.63) is 35.1 Å². The summed E-state index contributed by atoms with van der Waals surface area (Å²) in [6.07, 6.45) is 8.17. The number of hydrogen-bond acceptors (Lipinski definition) is 7. The molecule has 134 valence electrons. The van der Waals surface area contributed by atoms with E-state index in [1.54, 1.807) is 4.90 Å². The van der Waals surface area contributed by atoms with Crippen LogP contribution in [-0.4, -0.2) is 45.1 Å². The Labute approximate surface area is 150 Å². The molecule has 1 fully saturated rings. The number of likely N-dealkylation sites (tertiary alicyclic amines) is 1. The van der Waals surface area contributed by atoms with Crippen molar-refractivity contribution in [3.8, 4) is 11.9 Å². The van der Waals surface area contributed by atoms with Crippen LogP contribution in [0.1, 0.15) is 53.2 Å². The van der Waals surface area contributed by atoms with Gasteiger partial charge in [0.2, 0.25) is 5.69 Å². The molecule has 8 heteroatoms. The minimum atomic E-state index is -0.223. The quantitative estimate of drug-likeness (QED) is 0.829. The first kappa shape index (κ1) is 16.5. The molecule has 2 aliphatic rings. The van der Waals surface area contributed by atoms with Crippen LogP contribution >= 0.6 is 0 Å². The fourth-order valence-corrected chi connectivity index (χ4v) is 3.57. The molecule has 1 saturated heterocycles. The van der Waals surface area contributed by atoms with E-state index in [9.17, 15) is 4.79 Å². The van der Waals surface area contributed by atoms with Crippen LogP contribution in [0.15, 0.2) is 16.9 Å². The third-order valence-electron chi connectivity index (χ3n) is 4.87. The summed E-state index contributed by atoms with van der Waals surface area (Å²) in [5, 5.41) is 13.1. The molecule has 2 aromatic heterocycles. The van der Waals surface area contributed by atoms with E-state index in [0.29, 0.717) is 18.8 Å². The Kier molecular flexibility index (Phi) is 4.52. The molecule has 0 radical (unpaired) electrons. The normalized spacial score (nSPS) is 19.5. The topological polar surface area (TPSA) is 105 Å². The van der Waals surface area contributed by atoms with Crippen LogP contribution in [-0.2, 0) is 12.8 Å². The smallest absolute Gasteiger partial charge is 0.276 e. The third-order valence-corrected chi connectivity index (χ3v) is 4.87. The van der Waals surface area contributed by atoms with Crippen LogP contribution in [0.5, 0.6) is 5.88 Å². The van der Waals surface area contributed by atoms with Crippen molar-refractivity contribution in [1.29, 1.82) is 5.26 Å². The molecule has 0 bridgehead atoms. The van der Waals surface area contributed by atoms with E-state index in [2.05, 4.69) is 15.1 Å². The van der Waals surface area contributed by atoms with Crippen molar-refractivity contribution >= 4 is 5.91 Å². The van der Waals surface area contributed by atoms with Crippen molar-refractivity contribution in [2.24, 2.45) is 0 Å². The Balaban J connectivity index is 1.47. The van der Waals surface area contributed by atoms with E-state index in [4.69, 9.17) is 14.5 Å². The number of piperidine rings is 1. The number of amides is 1. The zero-order chi connectivity index (χ0) is 17.9. The standard InChI is InChI=1S/C18H19N5O3/c19-10-14-17(21-8-7-20-14)25-12-4-3-9-23(11-12)18(24)16-13-5-1-2-6-15(13)26-22-16/h7-8,12H,1-6,9,11H2/t12-/m0/s1. The number of rotatable bonds is 3. The van der Waals surface area contributed by atoms with Crippen LogP contribution in [0.2, 0.25) is 0 Å². The highest BCUT2D eigenvalue weighted by Gasteiger charge is 2.31. The maximum absolute atomic E-state index is 12.9.